The highest BCUT2D eigenvalue weighted by Crippen LogP contribution is 2.72. The lowest BCUT2D eigenvalue weighted by molar-refractivity contribution is -0.329. The van der Waals surface area contributed by atoms with Crippen molar-refractivity contribution in [3.63, 3.8) is 0 Å². The molecule has 136 valence electrons. The number of methoxy groups -OCH3 is 1. The first-order valence-corrected chi connectivity index (χ1v) is 9.81. The molecule has 6 rings (SSSR count). The molecule has 25 heavy (non-hydrogen) atoms. The lowest BCUT2D eigenvalue weighted by atomic mass is 9.35. The van der Waals surface area contributed by atoms with Crippen molar-refractivity contribution < 1.29 is 19.1 Å². The number of rotatable bonds is 1. The number of ketones is 2. The largest absolute Gasteiger partial charge is 0.355 e. The van der Waals surface area contributed by atoms with Crippen LogP contribution < -0.4 is 0 Å². The van der Waals surface area contributed by atoms with Gasteiger partial charge in [-0.05, 0) is 60.8 Å². The quantitative estimate of drug-likeness (QED) is 0.541. The molecule has 0 aromatic rings. The second-order valence-corrected chi connectivity index (χ2v) is 9.53. The molecule has 0 aromatic heterocycles. The fourth-order valence-corrected chi connectivity index (χ4v) is 7.72. The SMILES string of the molecule is C=C1C(=O)[C@]23CC[C@H]1CC2C12CCC[C@@](C)(COC1OC)C2CC3=O. The van der Waals surface area contributed by atoms with Crippen LogP contribution in [-0.2, 0) is 19.1 Å². The fourth-order valence-electron chi connectivity index (χ4n) is 7.72. The number of ether oxygens (including phenoxy) is 2. The molecule has 6 aliphatic rings. The van der Waals surface area contributed by atoms with E-state index in [1.165, 1.54) is 0 Å². The van der Waals surface area contributed by atoms with E-state index in [-0.39, 0.29) is 46.4 Å². The Morgan fingerprint density at radius 3 is 2.76 bits per heavy atom. The Morgan fingerprint density at radius 1 is 1.20 bits per heavy atom. The van der Waals surface area contributed by atoms with Crippen LogP contribution in [0, 0.1) is 34.0 Å². The third-order valence-corrected chi connectivity index (χ3v) is 8.79. The van der Waals surface area contributed by atoms with Gasteiger partial charge in [-0.15, -0.1) is 0 Å². The van der Waals surface area contributed by atoms with Gasteiger partial charge in [-0.2, -0.15) is 0 Å². The van der Waals surface area contributed by atoms with Crippen LogP contribution in [0.2, 0.25) is 0 Å². The Labute approximate surface area is 149 Å². The van der Waals surface area contributed by atoms with Crippen molar-refractivity contribution in [2.24, 2.45) is 34.0 Å². The van der Waals surface area contributed by atoms with Crippen molar-refractivity contribution in [2.45, 2.75) is 58.2 Å². The lowest BCUT2D eigenvalue weighted by Crippen LogP contribution is -2.73. The summed E-state index contributed by atoms with van der Waals surface area (Å²) in [5.74, 6) is 0.814. The molecule has 0 radical (unpaired) electrons. The maximum atomic E-state index is 13.4. The third kappa shape index (κ3) is 1.63. The molecule has 7 atom stereocenters. The number of hydrogen-bond acceptors (Lipinski definition) is 4. The molecule has 1 spiro atoms. The van der Waals surface area contributed by atoms with E-state index in [1.807, 2.05) is 0 Å². The zero-order valence-corrected chi connectivity index (χ0v) is 15.3. The van der Waals surface area contributed by atoms with Crippen LogP contribution in [0.15, 0.2) is 12.2 Å². The van der Waals surface area contributed by atoms with Gasteiger partial charge in [-0.1, -0.05) is 19.9 Å². The second kappa shape index (κ2) is 4.83. The smallest absolute Gasteiger partial charge is 0.172 e. The van der Waals surface area contributed by atoms with E-state index in [9.17, 15) is 9.59 Å². The van der Waals surface area contributed by atoms with Gasteiger partial charge in [0.2, 0.25) is 0 Å². The third-order valence-electron chi connectivity index (χ3n) is 8.79. The van der Waals surface area contributed by atoms with Crippen molar-refractivity contribution >= 4 is 11.6 Å². The number of Topliss-reactive ketones (excluding diaryl/α,β-unsaturated/α-hetero) is 2. The van der Waals surface area contributed by atoms with Crippen molar-refractivity contribution in [1.29, 1.82) is 0 Å². The molecule has 0 aromatic carbocycles. The maximum Gasteiger partial charge on any atom is 0.172 e. The minimum Gasteiger partial charge on any atom is -0.355 e. The van der Waals surface area contributed by atoms with Crippen LogP contribution in [0.5, 0.6) is 0 Å². The first kappa shape index (κ1) is 16.2. The molecule has 0 N–H and O–H groups in total. The van der Waals surface area contributed by atoms with Crippen LogP contribution in [0.3, 0.4) is 0 Å². The van der Waals surface area contributed by atoms with Gasteiger partial charge in [0.05, 0.1) is 12.0 Å². The predicted molar refractivity (Wildman–Crippen MR) is 91.7 cm³/mol. The zero-order valence-electron chi connectivity index (χ0n) is 15.3. The average Bonchev–Trinajstić information content (AvgIpc) is 2.60. The molecule has 1 saturated heterocycles. The summed E-state index contributed by atoms with van der Waals surface area (Å²) in [6, 6.07) is 0. The van der Waals surface area contributed by atoms with Crippen molar-refractivity contribution in [3.8, 4) is 0 Å². The first-order chi connectivity index (χ1) is 11.9. The van der Waals surface area contributed by atoms with Crippen molar-refractivity contribution in [2.75, 3.05) is 13.7 Å². The van der Waals surface area contributed by atoms with Crippen LogP contribution in [0.4, 0.5) is 0 Å². The van der Waals surface area contributed by atoms with E-state index in [4.69, 9.17) is 9.47 Å². The van der Waals surface area contributed by atoms with Gasteiger partial charge < -0.3 is 9.47 Å². The van der Waals surface area contributed by atoms with E-state index in [0.29, 0.717) is 25.0 Å². The van der Waals surface area contributed by atoms with E-state index in [2.05, 4.69) is 13.5 Å². The van der Waals surface area contributed by atoms with Crippen LogP contribution in [0.25, 0.3) is 0 Å². The van der Waals surface area contributed by atoms with Gasteiger partial charge in [0, 0.05) is 18.9 Å². The highest BCUT2D eigenvalue weighted by atomic mass is 16.7. The topological polar surface area (TPSA) is 52.6 Å². The van der Waals surface area contributed by atoms with Crippen LogP contribution in [0.1, 0.15) is 51.9 Å². The number of carbonyl (C=O) groups is 2. The number of carbonyl (C=O) groups excluding carboxylic acids is 2. The van der Waals surface area contributed by atoms with Crippen molar-refractivity contribution in [3.05, 3.63) is 12.2 Å². The summed E-state index contributed by atoms with van der Waals surface area (Å²) in [5, 5.41) is 0. The first-order valence-electron chi connectivity index (χ1n) is 9.81. The molecule has 4 bridgehead atoms. The molecular formula is C21H28O4. The average molecular weight is 344 g/mol. The fraction of sp³-hybridized carbons (Fsp3) is 0.810. The molecule has 0 amide bonds. The predicted octanol–water partition coefficient (Wildman–Crippen LogP) is 3.30. The normalized spacial score (nSPS) is 54.2. The van der Waals surface area contributed by atoms with E-state index < -0.39 is 5.41 Å². The number of fused-ring (bicyclic) bond motifs is 2. The van der Waals surface area contributed by atoms with Gasteiger partial charge in [-0.25, -0.2) is 0 Å². The molecule has 5 aliphatic carbocycles. The highest BCUT2D eigenvalue weighted by Gasteiger charge is 2.75. The second-order valence-electron chi connectivity index (χ2n) is 9.53. The summed E-state index contributed by atoms with van der Waals surface area (Å²) in [6.45, 7) is 7.01. The lowest BCUT2D eigenvalue weighted by Gasteiger charge is -2.70. The molecular weight excluding hydrogens is 316 g/mol. The monoisotopic (exact) mass is 344 g/mol. The molecule has 1 aliphatic heterocycles. The van der Waals surface area contributed by atoms with Gasteiger partial charge in [0.1, 0.15) is 5.78 Å². The molecule has 5 saturated carbocycles. The number of allylic oxidation sites excluding steroid dienone is 1. The summed E-state index contributed by atoms with van der Waals surface area (Å²) in [7, 11) is 1.72. The molecule has 1 heterocycles. The summed E-state index contributed by atoms with van der Waals surface area (Å²) in [6.07, 6.45) is 6.03. The van der Waals surface area contributed by atoms with Gasteiger partial charge in [0.25, 0.3) is 0 Å². The Morgan fingerprint density at radius 2 is 2.00 bits per heavy atom. The van der Waals surface area contributed by atoms with E-state index in [1.54, 1.807) is 7.11 Å². The van der Waals surface area contributed by atoms with Crippen LogP contribution in [-0.4, -0.2) is 31.6 Å². The van der Waals surface area contributed by atoms with Crippen LogP contribution >= 0.6 is 0 Å². The Kier molecular flexibility index (Phi) is 3.13. The Bertz CT molecular complexity index is 683. The van der Waals surface area contributed by atoms with E-state index >= 15 is 0 Å². The summed E-state index contributed by atoms with van der Waals surface area (Å²) < 4.78 is 12.1. The summed E-state index contributed by atoms with van der Waals surface area (Å²) in [5.41, 5.74) is -0.294. The standard InChI is InChI=1S/C21H28O4/c1-12-13-5-8-21(17(12)23)15(9-13)20-7-4-6-19(2,11-25-18(20)24-3)14(20)10-16(21)22/h13-15,18H,1,4-11H2,2-3H3/t13-,14?,15?,18?,19-,20?,21+/m0/s1. The molecule has 4 unspecified atom stereocenters. The Balaban J connectivity index is 1.72. The molecule has 4 heteroatoms. The maximum absolute atomic E-state index is 13.4. The molecule has 4 nitrogen and oxygen atoms in total. The van der Waals surface area contributed by atoms with Gasteiger partial charge >= 0.3 is 0 Å². The summed E-state index contributed by atoms with van der Waals surface area (Å²) >= 11 is 0. The Hall–Kier alpha value is -1.00. The number of hydrogen-bond donors (Lipinski definition) is 0. The van der Waals surface area contributed by atoms with Gasteiger partial charge in [-0.3, -0.25) is 9.59 Å². The van der Waals surface area contributed by atoms with Crippen molar-refractivity contribution in [1.82, 2.24) is 0 Å². The molecule has 6 fully saturated rings. The zero-order chi connectivity index (χ0) is 17.6. The van der Waals surface area contributed by atoms with Gasteiger partial charge in [0.15, 0.2) is 12.1 Å². The minimum absolute atomic E-state index is 0.0291. The highest BCUT2D eigenvalue weighted by molar-refractivity contribution is 6.16. The summed E-state index contributed by atoms with van der Waals surface area (Å²) in [4.78, 5) is 26.7. The minimum atomic E-state index is -0.835. The van der Waals surface area contributed by atoms with E-state index in [0.717, 1.165) is 32.1 Å².